The predicted molar refractivity (Wildman–Crippen MR) is 98.6 cm³/mol. The van der Waals surface area contributed by atoms with Crippen molar-refractivity contribution in [1.82, 2.24) is 9.80 Å². The number of carbonyl (C=O) groups is 3. The van der Waals surface area contributed by atoms with E-state index in [9.17, 15) is 18.8 Å². The molecule has 3 rings (SSSR count). The zero-order valence-corrected chi connectivity index (χ0v) is 16.2. The van der Waals surface area contributed by atoms with E-state index in [1.54, 1.807) is 45.0 Å². The molecule has 3 amide bonds. The number of nitrogens with zero attached hydrogens (tertiary/aromatic N) is 2. The smallest absolute Gasteiger partial charge is 0.410 e. The van der Waals surface area contributed by atoms with Gasteiger partial charge in [-0.05, 0) is 32.9 Å². The number of amides is 3. The van der Waals surface area contributed by atoms with Crippen molar-refractivity contribution in [3.63, 3.8) is 0 Å². The molecule has 2 aliphatic rings. The number of benzene rings is 1. The topological polar surface area (TPSA) is 76.2 Å². The van der Waals surface area contributed by atoms with Gasteiger partial charge >= 0.3 is 6.09 Å². The zero-order chi connectivity index (χ0) is 20.5. The molecule has 0 saturated carbocycles. The first-order chi connectivity index (χ1) is 13.2. The largest absolute Gasteiger partial charge is 0.444 e. The Bertz CT molecular complexity index is 808. The van der Waals surface area contributed by atoms with Gasteiger partial charge in [-0.15, -0.1) is 0 Å². The van der Waals surface area contributed by atoms with Crippen molar-refractivity contribution < 1.29 is 28.2 Å². The Morgan fingerprint density at radius 2 is 1.79 bits per heavy atom. The molecular formula is C20H23FN2O5. The Kier molecular flexibility index (Phi) is 5.51. The Morgan fingerprint density at radius 1 is 1.18 bits per heavy atom. The van der Waals surface area contributed by atoms with Gasteiger partial charge in [-0.1, -0.05) is 12.1 Å². The minimum Gasteiger partial charge on any atom is -0.444 e. The van der Waals surface area contributed by atoms with E-state index in [0.717, 1.165) is 4.90 Å². The highest BCUT2D eigenvalue weighted by atomic mass is 19.1. The van der Waals surface area contributed by atoms with Crippen LogP contribution in [0, 0.1) is 0 Å². The second kappa shape index (κ2) is 7.71. The van der Waals surface area contributed by atoms with Gasteiger partial charge in [0.15, 0.2) is 0 Å². The molecule has 7 nitrogen and oxygen atoms in total. The molecule has 0 atom stereocenters. The van der Waals surface area contributed by atoms with Crippen molar-refractivity contribution in [2.75, 3.05) is 32.8 Å². The summed E-state index contributed by atoms with van der Waals surface area (Å²) in [6.45, 7) is 5.21. The summed E-state index contributed by atoms with van der Waals surface area (Å²) in [5.41, 5.74) is 0.0582. The van der Waals surface area contributed by atoms with Crippen molar-refractivity contribution in [1.29, 1.82) is 0 Å². The molecule has 0 unspecified atom stereocenters. The third-order valence-corrected chi connectivity index (χ3v) is 4.37. The first-order valence-corrected chi connectivity index (χ1v) is 9.04. The molecule has 1 aromatic rings. The number of rotatable bonds is 2. The number of imide groups is 1. The molecule has 2 aliphatic heterocycles. The normalized spacial score (nSPS) is 19.4. The van der Waals surface area contributed by atoms with Crippen LogP contribution in [0.2, 0.25) is 0 Å². The zero-order valence-electron chi connectivity index (χ0n) is 16.2. The lowest BCUT2D eigenvalue weighted by Gasteiger charge is -2.26. The monoisotopic (exact) mass is 390 g/mol. The number of ether oxygens (including phenoxy) is 2. The van der Waals surface area contributed by atoms with Crippen molar-refractivity contribution in [3.05, 3.63) is 46.8 Å². The molecule has 0 N–H and O–H groups in total. The van der Waals surface area contributed by atoms with E-state index in [4.69, 9.17) is 9.47 Å². The third-order valence-electron chi connectivity index (χ3n) is 4.37. The van der Waals surface area contributed by atoms with Crippen LogP contribution in [-0.2, 0) is 9.47 Å². The maximum absolute atomic E-state index is 14.9. The highest BCUT2D eigenvalue weighted by Gasteiger charge is 2.36. The summed E-state index contributed by atoms with van der Waals surface area (Å²) in [5.74, 6) is -1.73. The highest BCUT2D eigenvalue weighted by molar-refractivity contribution is 6.21. The van der Waals surface area contributed by atoms with Gasteiger partial charge in [0.05, 0.1) is 37.4 Å². The summed E-state index contributed by atoms with van der Waals surface area (Å²) < 4.78 is 25.7. The van der Waals surface area contributed by atoms with Crippen molar-refractivity contribution >= 4 is 17.9 Å². The van der Waals surface area contributed by atoms with Gasteiger partial charge in [-0.2, -0.15) is 0 Å². The highest BCUT2D eigenvalue weighted by Crippen LogP contribution is 2.25. The third kappa shape index (κ3) is 4.22. The van der Waals surface area contributed by atoms with Crippen LogP contribution in [-0.4, -0.2) is 66.2 Å². The van der Waals surface area contributed by atoms with Crippen LogP contribution in [0.15, 0.2) is 35.7 Å². The quantitative estimate of drug-likeness (QED) is 0.726. The molecule has 150 valence electrons. The Balaban J connectivity index is 1.76. The van der Waals surface area contributed by atoms with Crippen LogP contribution >= 0.6 is 0 Å². The van der Waals surface area contributed by atoms with Gasteiger partial charge in [-0.25, -0.2) is 9.18 Å². The summed E-state index contributed by atoms with van der Waals surface area (Å²) in [7, 11) is 0. The summed E-state index contributed by atoms with van der Waals surface area (Å²) in [5, 5.41) is 0. The summed E-state index contributed by atoms with van der Waals surface area (Å²) >= 11 is 0. The molecule has 2 heterocycles. The van der Waals surface area contributed by atoms with E-state index in [1.807, 2.05) is 0 Å². The van der Waals surface area contributed by atoms with Gasteiger partial charge < -0.3 is 14.4 Å². The number of hydrogen-bond donors (Lipinski definition) is 0. The van der Waals surface area contributed by atoms with Crippen LogP contribution < -0.4 is 0 Å². The second-order valence-corrected chi connectivity index (χ2v) is 7.70. The Labute approximate surface area is 162 Å². The SMILES string of the molecule is CC(C)(C)OC(=O)N1CCOCC(=C(F)CN2C(=O)c3ccccc3C2=O)C1. The molecule has 0 bridgehead atoms. The van der Waals surface area contributed by atoms with Crippen molar-refractivity contribution in [2.24, 2.45) is 0 Å². The van der Waals surface area contributed by atoms with E-state index in [1.165, 1.54) is 4.90 Å². The van der Waals surface area contributed by atoms with E-state index in [2.05, 4.69) is 0 Å². The molecule has 1 aromatic carbocycles. The van der Waals surface area contributed by atoms with E-state index in [-0.39, 0.29) is 43.0 Å². The lowest BCUT2D eigenvalue weighted by Crippen LogP contribution is -2.39. The van der Waals surface area contributed by atoms with Crippen LogP contribution in [0.3, 0.4) is 0 Å². The number of halogens is 1. The average Bonchev–Trinajstić information content (AvgIpc) is 2.82. The maximum atomic E-state index is 14.9. The molecule has 0 aromatic heterocycles. The maximum Gasteiger partial charge on any atom is 0.410 e. The number of hydrogen-bond acceptors (Lipinski definition) is 5. The second-order valence-electron chi connectivity index (χ2n) is 7.70. The number of carbonyl (C=O) groups excluding carboxylic acids is 3. The first-order valence-electron chi connectivity index (χ1n) is 9.04. The lowest BCUT2D eigenvalue weighted by atomic mass is 10.1. The Hall–Kier alpha value is -2.74. The van der Waals surface area contributed by atoms with Crippen LogP contribution in [0.1, 0.15) is 41.5 Å². The van der Waals surface area contributed by atoms with Gasteiger partial charge in [-0.3, -0.25) is 14.5 Å². The molecule has 28 heavy (non-hydrogen) atoms. The average molecular weight is 390 g/mol. The summed E-state index contributed by atoms with van der Waals surface area (Å²) in [4.78, 5) is 39.4. The van der Waals surface area contributed by atoms with Crippen molar-refractivity contribution in [2.45, 2.75) is 26.4 Å². The standard InChI is InChI=1S/C20H23FN2O5/c1-20(2,3)28-19(26)22-8-9-27-12-13(10-22)16(21)11-23-17(24)14-6-4-5-7-15(14)18(23)25/h4-7H,8-12H2,1-3H3. The van der Waals surface area contributed by atoms with Gasteiger partial charge in [0, 0.05) is 12.1 Å². The minimum absolute atomic E-state index is 0.0195. The lowest BCUT2D eigenvalue weighted by molar-refractivity contribution is 0.0248. The molecular weight excluding hydrogens is 367 g/mol. The molecule has 1 fully saturated rings. The predicted octanol–water partition coefficient (Wildman–Crippen LogP) is 2.77. The van der Waals surface area contributed by atoms with E-state index < -0.39 is 35.9 Å². The van der Waals surface area contributed by atoms with Gasteiger partial charge in [0.2, 0.25) is 0 Å². The van der Waals surface area contributed by atoms with Crippen molar-refractivity contribution in [3.8, 4) is 0 Å². The summed E-state index contributed by atoms with van der Waals surface area (Å²) in [6.07, 6.45) is -0.566. The van der Waals surface area contributed by atoms with Crippen LogP contribution in [0.5, 0.6) is 0 Å². The molecule has 8 heteroatoms. The van der Waals surface area contributed by atoms with Gasteiger partial charge in [0.1, 0.15) is 11.4 Å². The van der Waals surface area contributed by atoms with Crippen LogP contribution in [0.4, 0.5) is 9.18 Å². The van der Waals surface area contributed by atoms with E-state index in [0.29, 0.717) is 0 Å². The van der Waals surface area contributed by atoms with Crippen LogP contribution in [0.25, 0.3) is 0 Å². The molecule has 1 saturated heterocycles. The Morgan fingerprint density at radius 3 is 2.36 bits per heavy atom. The summed E-state index contributed by atoms with van der Waals surface area (Å²) in [6, 6.07) is 6.39. The van der Waals surface area contributed by atoms with E-state index >= 15 is 0 Å². The molecule has 0 radical (unpaired) electrons. The fourth-order valence-electron chi connectivity index (χ4n) is 3.00. The molecule has 0 aliphatic carbocycles. The molecule has 0 spiro atoms. The first kappa shape index (κ1) is 20.0. The number of fused-ring (bicyclic) bond motifs is 1. The fraction of sp³-hybridized carbons (Fsp3) is 0.450. The van der Waals surface area contributed by atoms with Gasteiger partial charge in [0.25, 0.3) is 11.8 Å². The minimum atomic E-state index is -0.674. The fourth-order valence-corrected chi connectivity index (χ4v) is 3.00.